The second-order valence-corrected chi connectivity index (χ2v) is 10.2. The van der Waals surface area contributed by atoms with Crippen LogP contribution >= 0.6 is 0 Å². The maximum atomic E-state index is 12.4. The molecule has 1 fully saturated rings. The fourth-order valence-corrected chi connectivity index (χ4v) is 4.60. The third-order valence-corrected chi connectivity index (χ3v) is 6.99. The van der Waals surface area contributed by atoms with Gasteiger partial charge >= 0.3 is 5.97 Å². The average molecular weight is 537 g/mol. The van der Waals surface area contributed by atoms with Crippen molar-refractivity contribution in [2.45, 2.75) is 117 Å². The highest BCUT2D eigenvalue weighted by Gasteiger charge is 2.49. The van der Waals surface area contributed by atoms with Crippen molar-refractivity contribution in [3.05, 3.63) is 34.9 Å². The van der Waals surface area contributed by atoms with E-state index in [0.29, 0.717) is 38.6 Å². The highest BCUT2D eigenvalue weighted by atomic mass is 16.6. The van der Waals surface area contributed by atoms with E-state index in [1.54, 1.807) is 6.07 Å². The Kier molecular flexibility index (Phi) is 16.1. The zero-order valence-electron chi connectivity index (χ0n) is 24.7. The third kappa shape index (κ3) is 9.91. The summed E-state index contributed by atoms with van der Waals surface area (Å²) in [5.74, 6) is -0.374. The molecule has 218 valence electrons. The van der Waals surface area contributed by atoms with Gasteiger partial charge in [-0.3, -0.25) is 0 Å². The van der Waals surface area contributed by atoms with Crippen molar-refractivity contribution in [1.82, 2.24) is 0 Å². The predicted molar refractivity (Wildman–Crippen MR) is 150 cm³/mol. The molecule has 0 bridgehead atoms. The molecule has 38 heavy (non-hydrogen) atoms. The average Bonchev–Trinajstić information content (AvgIpc) is 2.93. The lowest BCUT2D eigenvalue weighted by atomic mass is 9.88. The first kappa shape index (κ1) is 32.7. The minimum absolute atomic E-state index is 0.313. The second kappa shape index (κ2) is 18.7. The Hall–Kier alpha value is -1.51. The van der Waals surface area contributed by atoms with Crippen LogP contribution in [-0.2, 0) is 28.4 Å². The molecule has 1 saturated heterocycles. The monoisotopic (exact) mass is 536 g/mol. The van der Waals surface area contributed by atoms with Gasteiger partial charge in [0.15, 0.2) is 0 Å². The number of hydrogen-bond acceptors (Lipinski definition) is 7. The Morgan fingerprint density at radius 3 is 1.92 bits per heavy atom. The molecule has 1 aromatic carbocycles. The van der Waals surface area contributed by atoms with Crippen molar-refractivity contribution < 1.29 is 33.2 Å². The topological polar surface area (TPSA) is 72.5 Å². The highest BCUT2D eigenvalue weighted by Crippen LogP contribution is 2.39. The second-order valence-electron chi connectivity index (χ2n) is 10.2. The van der Waals surface area contributed by atoms with Gasteiger partial charge in [0.05, 0.1) is 19.3 Å². The summed E-state index contributed by atoms with van der Waals surface area (Å²) in [4.78, 5) is 12.4. The van der Waals surface area contributed by atoms with E-state index in [2.05, 4.69) is 27.7 Å². The predicted octanol–water partition coefficient (Wildman–Crippen LogP) is 6.59. The Morgan fingerprint density at radius 2 is 1.34 bits per heavy atom. The summed E-state index contributed by atoms with van der Waals surface area (Å²) in [6.45, 7) is 13.6. The molecule has 2 rings (SSSR count). The maximum Gasteiger partial charge on any atom is 0.337 e. The van der Waals surface area contributed by atoms with Gasteiger partial charge in [0.2, 0.25) is 0 Å². The summed E-state index contributed by atoms with van der Waals surface area (Å²) in [6, 6.07) is 5.60. The van der Waals surface area contributed by atoms with E-state index in [-0.39, 0.29) is 30.4 Å². The summed E-state index contributed by atoms with van der Waals surface area (Å²) in [7, 11) is 1.40. The number of rotatable bonds is 19. The van der Waals surface area contributed by atoms with Crippen LogP contribution in [0.5, 0.6) is 0 Å². The standard InChI is InChI=1S/C31H52O7/c1-7-11-17-34-22-26-28(35-18-12-8-2)30(37-20-14-10-4)29(36-19-13-9-3)27(38-26)25-21-24(31(32)33-6)16-15-23(25)5/h15-16,21,26-30H,7-14,17-20,22H2,1-6H3/t26-,27+,28-,29+,30+/m1/s1. The Bertz CT molecular complexity index is 783. The molecule has 7 heteroatoms. The molecule has 0 unspecified atom stereocenters. The number of methoxy groups -OCH3 is 1. The first-order chi connectivity index (χ1) is 18.5. The number of carbonyl (C=O) groups is 1. The third-order valence-electron chi connectivity index (χ3n) is 6.99. The van der Waals surface area contributed by atoms with Crippen LogP contribution in [0.2, 0.25) is 0 Å². The molecule has 1 aromatic rings. The van der Waals surface area contributed by atoms with Crippen LogP contribution in [0.25, 0.3) is 0 Å². The van der Waals surface area contributed by atoms with E-state index < -0.39 is 6.10 Å². The van der Waals surface area contributed by atoms with Gasteiger partial charge in [-0.1, -0.05) is 59.4 Å². The quantitative estimate of drug-likeness (QED) is 0.146. The van der Waals surface area contributed by atoms with Crippen molar-refractivity contribution in [3.63, 3.8) is 0 Å². The maximum absolute atomic E-state index is 12.4. The van der Waals surface area contributed by atoms with Crippen LogP contribution in [0.3, 0.4) is 0 Å². The van der Waals surface area contributed by atoms with Gasteiger partial charge < -0.3 is 28.4 Å². The Morgan fingerprint density at radius 1 is 0.789 bits per heavy atom. The number of unbranched alkanes of at least 4 members (excludes halogenated alkanes) is 4. The fourth-order valence-electron chi connectivity index (χ4n) is 4.60. The van der Waals surface area contributed by atoms with Gasteiger partial charge in [-0.2, -0.15) is 0 Å². The zero-order chi connectivity index (χ0) is 27.8. The van der Waals surface area contributed by atoms with Crippen LogP contribution in [0.1, 0.15) is 107 Å². The molecule has 1 aliphatic heterocycles. The number of aryl methyl sites for hydroxylation is 1. The smallest absolute Gasteiger partial charge is 0.337 e. The van der Waals surface area contributed by atoms with Crippen LogP contribution < -0.4 is 0 Å². The minimum atomic E-state index is -0.436. The molecule has 0 radical (unpaired) electrons. The van der Waals surface area contributed by atoms with Gasteiger partial charge in [0.25, 0.3) is 0 Å². The molecule has 0 aliphatic carbocycles. The lowest BCUT2D eigenvalue weighted by molar-refractivity contribution is -0.268. The van der Waals surface area contributed by atoms with Crippen molar-refractivity contribution in [3.8, 4) is 0 Å². The summed E-state index contributed by atoms with van der Waals surface area (Å²) in [5, 5.41) is 0. The Balaban J connectivity index is 2.50. The lowest BCUT2D eigenvalue weighted by Gasteiger charge is -2.47. The van der Waals surface area contributed by atoms with Gasteiger partial charge in [-0.25, -0.2) is 4.79 Å². The van der Waals surface area contributed by atoms with Crippen molar-refractivity contribution >= 4 is 5.97 Å². The molecule has 0 saturated carbocycles. The summed E-state index contributed by atoms with van der Waals surface area (Å²) in [6.07, 6.45) is 6.26. The van der Waals surface area contributed by atoms with E-state index in [1.807, 2.05) is 19.1 Å². The number of ether oxygens (including phenoxy) is 6. The SMILES string of the molecule is CCCCOC[C@H]1O[C@@H](c2cc(C(=O)OC)ccc2C)[C@H](OCCCC)[C@@H](OCCCC)[C@@H]1OCCCC. The lowest BCUT2D eigenvalue weighted by Crippen LogP contribution is -2.58. The zero-order valence-corrected chi connectivity index (χ0v) is 24.7. The molecule has 0 aromatic heterocycles. The molecule has 5 atom stereocenters. The number of esters is 1. The molecule has 1 heterocycles. The van der Waals surface area contributed by atoms with Crippen LogP contribution in [-0.4, -0.2) is 70.5 Å². The minimum Gasteiger partial charge on any atom is -0.465 e. The summed E-state index contributed by atoms with van der Waals surface area (Å²) in [5.41, 5.74) is 2.42. The Labute approximate surface area is 230 Å². The molecule has 7 nitrogen and oxygen atoms in total. The van der Waals surface area contributed by atoms with Crippen molar-refractivity contribution in [2.24, 2.45) is 0 Å². The van der Waals surface area contributed by atoms with Crippen LogP contribution in [0.15, 0.2) is 18.2 Å². The normalized spacial score (nSPS) is 23.5. The molecule has 0 amide bonds. The molecule has 1 aliphatic rings. The molecule has 0 spiro atoms. The highest BCUT2D eigenvalue weighted by molar-refractivity contribution is 5.89. The first-order valence-electron chi connectivity index (χ1n) is 14.8. The fraction of sp³-hybridized carbons (Fsp3) is 0.774. The van der Waals surface area contributed by atoms with Crippen molar-refractivity contribution in [1.29, 1.82) is 0 Å². The largest absolute Gasteiger partial charge is 0.465 e. The van der Waals surface area contributed by atoms with E-state index in [1.165, 1.54) is 7.11 Å². The molecular weight excluding hydrogens is 484 g/mol. The summed E-state index contributed by atoms with van der Waals surface area (Å²) < 4.78 is 37.5. The molecular formula is C31H52O7. The van der Waals surface area contributed by atoms with Gasteiger partial charge in [0, 0.05) is 26.4 Å². The van der Waals surface area contributed by atoms with Crippen molar-refractivity contribution in [2.75, 3.05) is 40.1 Å². The number of hydrogen-bond donors (Lipinski definition) is 0. The van der Waals surface area contributed by atoms with Gasteiger partial charge in [0.1, 0.15) is 30.5 Å². The first-order valence-corrected chi connectivity index (χ1v) is 14.8. The number of carbonyl (C=O) groups excluding carboxylic acids is 1. The summed E-state index contributed by atoms with van der Waals surface area (Å²) >= 11 is 0. The van der Waals surface area contributed by atoms with Crippen LogP contribution in [0.4, 0.5) is 0 Å². The number of benzene rings is 1. The molecule has 0 N–H and O–H groups in total. The van der Waals surface area contributed by atoms with E-state index >= 15 is 0 Å². The van der Waals surface area contributed by atoms with Gasteiger partial charge in [-0.05, 0) is 55.9 Å². The van der Waals surface area contributed by atoms with Gasteiger partial charge in [-0.15, -0.1) is 0 Å². The van der Waals surface area contributed by atoms with E-state index in [4.69, 9.17) is 28.4 Å². The van der Waals surface area contributed by atoms with E-state index in [0.717, 1.165) is 62.5 Å². The van der Waals surface area contributed by atoms with Crippen LogP contribution in [0, 0.1) is 6.92 Å². The van der Waals surface area contributed by atoms with E-state index in [9.17, 15) is 4.79 Å².